The van der Waals surface area contributed by atoms with Crippen LogP contribution in [0.3, 0.4) is 0 Å². The summed E-state index contributed by atoms with van der Waals surface area (Å²) in [5.41, 5.74) is 0.176. The molecular weight excluding hydrogens is 340 g/mol. The molecule has 26 heavy (non-hydrogen) atoms. The Hall–Kier alpha value is -2.61. The Balaban J connectivity index is 1.82. The van der Waals surface area contributed by atoms with Gasteiger partial charge in [0.25, 0.3) is 5.91 Å². The summed E-state index contributed by atoms with van der Waals surface area (Å²) < 4.78 is 15.4. The molecule has 1 aromatic carbocycles. The lowest BCUT2D eigenvalue weighted by molar-refractivity contribution is -0.138. The molecule has 142 valence electrons. The topological polar surface area (TPSA) is 94.2 Å². The van der Waals surface area contributed by atoms with Crippen molar-refractivity contribution in [3.63, 3.8) is 0 Å². The van der Waals surface area contributed by atoms with E-state index in [1.165, 1.54) is 12.1 Å². The minimum atomic E-state index is -0.601. The molecule has 1 saturated heterocycles. The zero-order valence-corrected chi connectivity index (χ0v) is 15.2. The summed E-state index contributed by atoms with van der Waals surface area (Å²) in [5.74, 6) is -0.847. The van der Waals surface area contributed by atoms with Crippen LogP contribution in [0.15, 0.2) is 24.3 Å². The van der Waals surface area contributed by atoms with Gasteiger partial charge in [0.15, 0.2) is 6.61 Å². The number of amides is 2. The molecule has 1 fully saturated rings. The fourth-order valence-electron chi connectivity index (χ4n) is 2.23. The number of carbonyl (C=O) groups is 3. The van der Waals surface area contributed by atoms with Crippen molar-refractivity contribution < 1.29 is 28.6 Å². The van der Waals surface area contributed by atoms with Gasteiger partial charge in [0.1, 0.15) is 5.60 Å². The molecule has 0 spiro atoms. The van der Waals surface area contributed by atoms with E-state index >= 15 is 0 Å². The van der Waals surface area contributed by atoms with Crippen molar-refractivity contribution in [2.75, 3.05) is 38.2 Å². The number of nitrogens with one attached hydrogen (secondary N) is 1. The fourth-order valence-corrected chi connectivity index (χ4v) is 2.23. The molecule has 0 aromatic heterocycles. The van der Waals surface area contributed by atoms with Gasteiger partial charge in [-0.3, -0.25) is 10.1 Å². The minimum absolute atomic E-state index is 0.245. The average Bonchev–Trinajstić information content (AvgIpc) is 2.59. The van der Waals surface area contributed by atoms with Crippen molar-refractivity contribution in [2.45, 2.75) is 26.4 Å². The third kappa shape index (κ3) is 6.36. The van der Waals surface area contributed by atoms with Gasteiger partial charge in [-0.25, -0.2) is 9.59 Å². The minimum Gasteiger partial charge on any atom is -0.452 e. The number of hydrogen-bond acceptors (Lipinski definition) is 6. The maximum absolute atomic E-state index is 12.0. The molecule has 0 bridgehead atoms. The van der Waals surface area contributed by atoms with Gasteiger partial charge in [0.2, 0.25) is 0 Å². The zero-order chi connectivity index (χ0) is 19.2. The highest BCUT2D eigenvalue weighted by Crippen LogP contribution is 2.13. The molecule has 8 heteroatoms. The first-order valence-corrected chi connectivity index (χ1v) is 8.37. The van der Waals surface area contributed by atoms with E-state index < -0.39 is 17.7 Å². The first-order chi connectivity index (χ1) is 12.2. The normalized spacial score (nSPS) is 14.5. The van der Waals surface area contributed by atoms with Crippen LogP contribution in [-0.2, 0) is 19.0 Å². The van der Waals surface area contributed by atoms with E-state index in [2.05, 4.69) is 5.32 Å². The Morgan fingerprint density at radius 2 is 1.73 bits per heavy atom. The van der Waals surface area contributed by atoms with Gasteiger partial charge >= 0.3 is 12.1 Å². The summed E-state index contributed by atoms with van der Waals surface area (Å²) in [5, 5.41) is 2.57. The molecule has 0 unspecified atom stereocenters. The summed E-state index contributed by atoms with van der Waals surface area (Å²) in [6.07, 6.45) is -0.580. The van der Waals surface area contributed by atoms with E-state index in [0.717, 1.165) is 0 Å². The molecule has 1 aliphatic rings. The van der Waals surface area contributed by atoms with Crippen LogP contribution in [0, 0.1) is 0 Å². The van der Waals surface area contributed by atoms with Gasteiger partial charge in [-0.2, -0.15) is 0 Å². The van der Waals surface area contributed by atoms with Gasteiger partial charge in [-0.15, -0.1) is 0 Å². The predicted octanol–water partition coefficient (Wildman–Crippen LogP) is 2.05. The lowest BCUT2D eigenvalue weighted by Crippen LogP contribution is -2.42. The molecule has 1 aliphatic heterocycles. The fraction of sp³-hybridized carbons (Fsp3) is 0.500. The van der Waals surface area contributed by atoms with E-state index in [4.69, 9.17) is 14.2 Å². The largest absolute Gasteiger partial charge is 0.452 e. The number of esters is 1. The highest BCUT2D eigenvalue weighted by molar-refractivity contribution is 5.92. The van der Waals surface area contributed by atoms with Crippen LogP contribution >= 0.6 is 0 Å². The third-order valence-electron chi connectivity index (χ3n) is 3.46. The summed E-state index contributed by atoms with van der Waals surface area (Å²) >= 11 is 0. The van der Waals surface area contributed by atoms with Crippen molar-refractivity contribution in [1.82, 2.24) is 4.90 Å². The number of benzene rings is 1. The van der Waals surface area contributed by atoms with Gasteiger partial charge < -0.3 is 19.1 Å². The van der Waals surface area contributed by atoms with Crippen LogP contribution in [-0.4, -0.2) is 61.4 Å². The highest BCUT2D eigenvalue weighted by Gasteiger charge is 2.19. The lowest BCUT2D eigenvalue weighted by atomic mass is 10.2. The molecular formula is C18H24N2O6. The summed E-state index contributed by atoms with van der Waals surface area (Å²) in [6.45, 7) is 6.98. The number of anilines is 1. The SMILES string of the molecule is CC(C)(C)OC(=O)Nc1ccc(C(=O)OCC(=O)N2CCOCC2)cc1. The number of nitrogens with zero attached hydrogens (tertiary/aromatic N) is 1. The second-order valence-corrected chi connectivity index (χ2v) is 6.77. The second-order valence-electron chi connectivity index (χ2n) is 6.77. The van der Waals surface area contributed by atoms with E-state index in [9.17, 15) is 14.4 Å². The van der Waals surface area contributed by atoms with Crippen LogP contribution in [0.5, 0.6) is 0 Å². The molecule has 0 aliphatic carbocycles. The predicted molar refractivity (Wildman–Crippen MR) is 94.0 cm³/mol. The third-order valence-corrected chi connectivity index (χ3v) is 3.46. The van der Waals surface area contributed by atoms with E-state index in [-0.39, 0.29) is 18.1 Å². The lowest BCUT2D eigenvalue weighted by Gasteiger charge is -2.26. The Kier molecular flexibility index (Phi) is 6.57. The first kappa shape index (κ1) is 19.7. The van der Waals surface area contributed by atoms with Gasteiger partial charge in [0, 0.05) is 18.8 Å². The molecule has 1 heterocycles. The summed E-state index contributed by atoms with van der Waals surface area (Å²) in [4.78, 5) is 37.3. The molecule has 0 saturated carbocycles. The Morgan fingerprint density at radius 1 is 1.12 bits per heavy atom. The van der Waals surface area contributed by atoms with E-state index in [0.29, 0.717) is 32.0 Å². The number of carbonyl (C=O) groups excluding carboxylic acids is 3. The molecule has 0 atom stereocenters. The van der Waals surface area contributed by atoms with Crippen molar-refractivity contribution in [1.29, 1.82) is 0 Å². The molecule has 8 nitrogen and oxygen atoms in total. The molecule has 0 radical (unpaired) electrons. The number of morpholine rings is 1. The van der Waals surface area contributed by atoms with Crippen molar-refractivity contribution >= 4 is 23.7 Å². The molecule has 1 N–H and O–H groups in total. The van der Waals surface area contributed by atoms with Gasteiger partial charge in [0.05, 0.1) is 18.8 Å². The van der Waals surface area contributed by atoms with Crippen LogP contribution in [0.1, 0.15) is 31.1 Å². The summed E-state index contributed by atoms with van der Waals surface area (Å²) in [6, 6.07) is 6.14. The maximum Gasteiger partial charge on any atom is 0.412 e. The molecule has 2 amide bonds. The van der Waals surface area contributed by atoms with Gasteiger partial charge in [-0.05, 0) is 45.0 Å². The Labute approximate surface area is 152 Å². The highest BCUT2D eigenvalue weighted by atomic mass is 16.6. The quantitative estimate of drug-likeness (QED) is 0.822. The number of hydrogen-bond donors (Lipinski definition) is 1. The summed E-state index contributed by atoms with van der Waals surface area (Å²) in [7, 11) is 0. The number of rotatable bonds is 4. The average molecular weight is 364 g/mol. The van der Waals surface area contributed by atoms with E-state index in [1.54, 1.807) is 37.8 Å². The van der Waals surface area contributed by atoms with Crippen LogP contribution < -0.4 is 5.32 Å². The first-order valence-electron chi connectivity index (χ1n) is 8.37. The van der Waals surface area contributed by atoms with Crippen LogP contribution in [0.2, 0.25) is 0 Å². The van der Waals surface area contributed by atoms with E-state index in [1.807, 2.05) is 0 Å². The monoisotopic (exact) mass is 364 g/mol. The molecule has 2 rings (SSSR count). The Bertz CT molecular complexity index is 645. The standard InChI is InChI=1S/C18H24N2O6/c1-18(2,3)26-17(23)19-14-6-4-13(5-7-14)16(22)25-12-15(21)20-8-10-24-11-9-20/h4-7H,8-12H2,1-3H3,(H,19,23). The van der Waals surface area contributed by atoms with Gasteiger partial charge in [-0.1, -0.05) is 0 Å². The zero-order valence-electron chi connectivity index (χ0n) is 15.2. The second kappa shape index (κ2) is 8.66. The maximum atomic E-state index is 12.0. The van der Waals surface area contributed by atoms with Crippen LogP contribution in [0.25, 0.3) is 0 Å². The van der Waals surface area contributed by atoms with Crippen molar-refractivity contribution in [3.8, 4) is 0 Å². The number of ether oxygens (including phenoxy) is 3. The smallest absolute Gasteiger partial charge is 0.412 e. The Morgan fingerprint density at radius 3 is 2.31 bits per heavy atom. The van der Waals surface area contributed by atoms with Crippen molar-refractivity contribution in [2.24, 2.45) is 0 Å². The van der Waals surface area contributed by atoms with Crippen molar-refractivity contribution in [3.05, 3.63) is 29.8 Å². The van der Waals surface area contributed by atoms with Crippen LogP contribution in [0.4, 0.5) is 10.5 Å². The molecule has 1 aromatic rings.